The molecule has 1 amide bonds. The molecular formula is C47H61NO10. The molecule has 11 nitrogen and oxygen atoms in total. The zero-order valence-electron chi connectivity index (χ0n) is 34.7. The molecule has 314 valence electrons. The molecule has 1 aliphatic heterocycles. The van der Waals surface area contributed by atoms with Crippen LogP contribution in [-0.2, 0) is 25.5 Å². The van der Waals surface area contributed by atoms with Gasteiger partial charge in [0.05, 0.1) is 47.6 Å². The van der Waals surface area contributed by atoms with E-state index in [0.717, 1.165) is 61.6 Å². The molecule has 2 unspecified atom stereocenters. The fourth-order valence-electron chi connectivity index (χ4n) is 8.10. The number of methoxy groups -OCH3 is 4. The monoisotopic (exact) mass is 799 g/mol. The van der Waals surface area contributed by atoms with Crippen molar-refractivity contribution in [2.24, 2.45) is 5.92 Å². The number of piperidine rings is 1. The molecular weight excluding hydrogens is 739 g/mol. The van der Waals surface area contributed by atoms with Gasteiger partial charge in [0.25, 0.3) is 0 Å². The van der Waals surface area contributed by atoms with E-state index in [1.807, 2.05) is 54.6 Å². The predicted molar refractivity (Wildman–Crippen MR) is 224 cm³/mol. The Kier molecular flexibility index (Phi) is 17.2. The van der Waals surface area contributed by atoms with Gasteiger partial charge in [-0.1, -0.05) is 56.2 Å². The molecule has 0 aromatic heterocycles. The standard InChI is InChI=1S/C47H61NO10/c1-7-25-55-27-28-57-45-42(53-5)31-36(32-43(45)54-6)44(34-15-10-9-11-16-34)46(49)48-24-13-12-19-38(48)47(50)58-39(35-17-14-18-37(30-35)56-26-8-2)22-20-33-21-23-40(51-3)41(29-33)52-4/h7-8,14,17-18,21,23,29-32,34,38-39,44H,1-2,9-13,15-16,19-20,22,24-28H2,3-6H3/t38?,39?,44-/m0/s1. The largest absolute Gasteiger partial charge is 0.493 e. The van der Waals surface area contributed by atoms with E-state index in [0.29, 0.717) is 80.1 Å². The van der Waals surface area contributed by atoms with E-state index in [1.165, 1.54) is 0 Å². The van der Waals surface area contributed by atoms with Crippen LogP contribution < -0.4 is 28.4 Å². The van der Waals surface area contributed by atoms with Gasteiger partial charge in [-0.05, 0) is 104 Å². The van der Waals surface area contributed by atoms with Gasteiger partial charge in [-0.25, -0.2) is 4.79 Å². The minimum absolute atomic E-state index is 0.0779. The van der Waals surface area contributed by atoms with Crippen LogP contribution in [0, 0.1) is 5.92 Å². The lowest BCUT2D eigenvalue weighted by Crippen LogP contribution is -2.51. The van der Waals surface area contributed by atoms with Crippen LogP contribution in [-0.4, -0.2) is 84.2 Å². The summed E-state index contributed by atoms with van der Waals surface area (Å²) in [7, 11) is 6.37. The van der Waals surface area contributed by atoms with Crippen molar-refractivity contribution in [1.82, 2.24) is 4.90 Å². The fraction of sp³-hybridized carbons (Fsp3) is 0.489. The number of hydrogen-bond acceptors (Lipinski definition) is 10. The van der Waals surface area contributed by atoms with E-state index < -0.39 is 24.0 Å². The first-order chi connectivity index (χ1) is 28.3. The molecule has 1 saturated carbocycles. The van der Waals surface area contributed by atoms with Crippen molar-refractivity contribution < 1.29 is 47.5 Å². The van der Waals surface area contributed by atoms with Crippen LogP contribution in [0.2, 0.25) is 0 Å². The summed E-state index contributed by atoms with van der Waals surface area (Å²) in [5.74, 6) is 2.39. The number of benzene rings is 3. The second-order valence-corrected chi connectivity index (χ2v) is 14.7. The van der Waals surface area contributed by atoms with Crippen LogP contribution in [0.25, 0.3) is 0 Å². The molecule has 58 heavy (non-hydrogen) atoms. The van der Waals surface area contributed by atoms with Gasteiger partial charge in [0.1, 0.15) is 31.1 Å². The Bertz CT molecular complexity index is 1780. The van der Waals surface area contributed by atoms with Crippen LogP contribution in [0.3, 0.4) is 0 Å². The third kappa shape index (κ3) is 11.5. The minimum Gasteiger partial charge on any atom is -0.493 e. The Morgan fingerprint density at radius 2 is 1.45 bits per heavy atom. The van der Waals surface area contributed by atoms with Crippen molar-refractivity contribution in [3.05, 3.63) is 96.6 Å². The van der Waals surface area contributed by atoms with Gasteiger partial charge in [-0.3, -0.25) is 4.79 Å². The number of hydrogen-bond donors (Lipinski definition) is 0. The van der Waals surface area contributed by atoms with Gasteiger partial charge in [-0.15, -0.1) is 6.58 Å². The molecule has 0 bridgehead atoms. The summed E-state index contributed by atoms with van der Waals surface area (Å²) in [4.78, 5) is 31.4. The molecule has 3 aromatic rings. The summed E-state index contributed by atoms with van der Waals surface area (Å²) in [6.45, 7) is 9.32. The summed E-state index contributed by atoms with van der Waals surface area (Å²) in [5.41, 5.74) is 2.59. The Morgan fingerprint density at radius 1 is 0.741 bits per heavy atom. The number of rotatable bonds is 22. The first kappa shape index (κ1) is 44.0. The SMILES string of the molecule is C=CCOCCOc1c(OC)cc([C@@H](C(=O)N2CCCCC2C(=O)OC(CCc2ccc(OC)c(OC)c2)c2cccc(OCC=C)c2)C2CCCCC2)cc1OC. The summed E-state index contributed by atoms with van der Waals surface area (Å²) >= 11 is 0. The van der Waals surface area contributed by atoms with Crippen molar-refractivity contribution in [3.8, 4) is 34.5 Å². The summed E-state index contributed by atoms with van der Waals surface area (Å²) in [6.07, 6.45) is 11.0. The Hall–Kier alpha value is -5.16. The van der Waals surface area contributed by atoms with Crippen molar-refractivity contribution in [1.29, 1.82) is 0 Å². The molecule has 0 N–H and O–H groups in total. The van der Waals surface area contributed by atoms with Gasteiger partial charge >= 0.3 is 5.97 Å². The van der Waals surface area contributed by atoms with E-state index in [9.17, 15) is 4.79 Å². The maximum atomic E-state index is 15.1. The van der Waals surface area contributed by atoms with Crippen molar-refractivity contribution >= 4 is 11.9 Å². The third-order valence-electron chi connectivity index (χ3n) is 11.0. The predicted octanol–water partition coefficient (Wildman–Crippen LogP) is 8.83. The highest BCUT2D eigenvalue weighted by Crippen LogP contribution is 2.45. The fourth-order valence-corrected chi connectivity index (χ4v) is 8.10. The van der Waals surface area contributed by atoms with Gasteiger partial charge < -0.3 is 42.8 Å². The topological polar surface area (TPSA) is 111 Å². The lowest BCUT2D eigenvalue weighted by molar-refractivity contribution is -0.163. The first-order valence-corrected chi connectivity index (χ1v) is 20.5. The van der Waals surface area contributed by atoms with Gasteiger partial charge in [0.2, 0.25) is 11.7 Å². The van der Waals surface area contributed by atoms with Crippen LogP contribution in [0.5, 0.6) is 34.5 Å². The van der Waals surface area contributed by atoms with E-state index >= 15 is 4.79 Å². The van der Waals surface area contributed by atoms with Crippen LogP contribution in [0.4, 0.5) is 0 Å². The summed E-state index contributed by atoms with van der Waals surface area (Å²) in [6, 6.07) is 16.5. The molecule has 5 rings (SSSR count). The molecule has 3 aromatic carbocycles. The highest BCUT2D eigenvalue weighted by Gasteiger charge is 2.41. The molecule has 2 fully saturated rings. The quantitative estimate of drug-likeness (QED) is 0.0556. The van der Waals surface area contributed by atoms with E-state index in [2.05, 4.69) is 13.2 Å². The number of nitrogens with zero attached hydrogens (tertiary/aromatic N) is 1. The Labute approximate surface area is 344 Å². The summed E-state index contributed by atoms with van der Waals surface area (Å²) < 4.78 is 46.6. The first-order valence-electron chi connectivity index (χ1n) is 20.5. The zero-order valence-corrected chi connectivity index (χ0v) is 34.7. The van der Waals surface area contributed by atoms with Crippen LogP contribution in [0.1, 0.15) is 86.5 Å². The summed E-state index contributed by atoms with van der Waals surface area (Å²) in [5, 5.41) is 0. The molecule has 1 heterocycles. The molecule has 1 saturated heterocycles. The number of carbonyl (C=O) groups excluding carboxylic acids is 2. The second-order valence-electron chi connectivity index (χ2n) is 14.7. The van der Waals surface area contributed by atoms with Crippen LogP contribution in [0.15, 0.2) is 79.9 Å². The highest BCUT2D eigenvalue weighted by molar-refractivity contribution is 5.89. The number of likely N-dealkylation sites (tertiary alicyclic amines) is 1. The lowest BCUT2D eigenvalue weighted by atomic mass is 9.75. The maximum absolute atomic E-state index is 15.1. The van der Waals surface area contributed by atoms with Crippen molar-refractivity contribution in [2.45, 2.75) is 82.3 Å². The molecule has 0 spiro atoms. The molecule has 2 aliphatic rings. The second kappa shape index (κ2) is 22.7. The lowest BCUT2D eigenvalue weighted by Gasteiger charge is -2.40. The average Bonchev–Trinajstić information content (AvgIpc) is 3.27. The molecule has 11 heteroatoms. The van der Waals surface area contributed by atoms with Gasteiger partial charge in [0, 0.05) is 6.54 Å². The normalized spacial score (nSPS) is 16.7. The minimum atomic E-state index is -0.738. The molecule has 0 radical (unpaired) electrons. The number of amides is 1. The average molecular weight is 800 g/mol. The van der Waals surface area contributed by atoms with Crippen LogP contribution >= 0.6 is 0 Å². The Balaban J connectivity index is 1.44. The van der Waals surface area contributed by atoms with E-state index in [4.69, 9.17) is 37.9 Å². The number of aryl methyl sites for hydroxylation is 1. The maximum Gasteiger partial charge on any atom is 0.329 e. The molecule has 3 atom stereocenters. The molecule has 1 aliphatic carbocycles. The van der Waals surface area contributed by atoms with E-state index in [-0.39, 0.29) is 18.4 Å². The highest BCUT2D eigenvalue weighted by atomic mass is 16.6. The smallest absolute Gasteiger partial charge is 0.329 e. The van der Waals surface area contributed by atoms with E-state index in [1.54, 1.807) is 45.5 Å². The van der Waals surface area contributed by atoms with Crippen molar-refractivity contribution in [3.63, 3.8) is 0 Å². The Morgan fingerprint density at radius 3 is 2.14 bits per heavy atom. The zero-order chi connectivity index (χ0) is 41.3. The van der Waals surface area contributed by atoms with Crippen molar-refractivity contribution in [2.75, 3.05) is 61.4 Å². The van der Waals surface area contributed by atoms with Gasteiger partial charge in [-0.2, -0.15) is 0 Å². The number of esters is 1. The number of ether oxygens (including phenoxy) is 8. The number of carbonyl (C=O) groups is 2. The van der Waals surface area contributed by atoms with Gasteiger partial charge in [0.15, 0.2) is 23.0 Å². The third-order valence-corrected chi connectivity index (χ3v) is 11.0.